The normalized spacial score (nSPS) is 24.0. The van der Waals surface area contributed by atoms with Crippen LogP contribution >= 0.6 is 11.6 Å². The van der Waals surface area contributed by atoms with Crippen molar-refractivity contribution in [1.29, 1.82) is 0 Å². The number of rotatable bonds is 5. The van der Waals surface area contributed by atoms with Crippen LogP contribution in [0.2, 0.25) is 5.02 Å². The van der Waals surface area contributed by atoms with Gasteiger partial charge in [-0.15, -0.1) is 0 Å². The first-order valence-corrected chi connectivity index (χ1v) is 7.32. The van der Waals surface area contributed by atoms with Crippen molar-refractivity contribution in [3.63, 3.8) is 0 Å². The van der Waals surface area contributed by atoms with Crippen LogP contribution in [0.4, 0.5) is 0 Å². The Morgan fingerprint density at radius 2 is 2.21 bits per heavy atom. The van der Waals surface area contributed by atoms with Crippen molar-refractivity contribution in [2.45, 2.75) is 26.2 Å². The largest absolute Gasteiger partial charge is 0.454 e. The van der Waals surface area contributed by atoms with Crippen molar-refractivity contribution >= 4 is 11.6 Å². The minimum absolute atomic E-state index is 0.280. The van der Waals surface area contributed by atoms with Gasteiger partial charge in [-0.3, -0.25) is 0 Å². The molecule has 3 nitrogen and oxygen atoms in total. The molecule has 0 bridgehead atoms. The third kappa shape index (κ3) is 2.82. The lowest BCUT2D eigenvalue weighted by molar-refractivity contribution is 0.174. The van der Waals surface area contributed by atoms with Crippen LogP contribution in [0.1, 0.15) is 31.7 Å². The molecule has 1 aromatic rings. The summed E-state index contributed by atoms with van der Waals surface area (Å²) >= 11 is 6.22. The fourth-order valence-electron chi connectivity index (χ4n) is 2.64. The number of fused-ring (bicyclic) bond motifs is 1. The van der Waals surface area contributed by atoms with Crippen LogP contribution in [-0.4, -0.2) is 19.9 Å². The van der Waals surface area contributed by atoms with E-state index in [-0.39, 0.29) is 6.79 Å². The molecule has 2 aliphatic rings. The highest BCUT2D eigenvalue weighted by Gasteiger charge is 2.38. The van der Waals surface area contributed by atoms with E-state index in [2.05, 4.69) is 25.2 Å². The van der Waals surface area contributed by atoms with E-state index in [1.807, 2.05) is 6.07 Å². The Labute approximate surface area is 119 Å². The van der Waals surface area contributed by atoms with Crippen molar-refractivity contribution in [3.05, 3.63) is 22.7 Å². The highest BCUT2D eigenvalue weighted by molar-refractivity contribution is 6.32. The molecule has 0 radical (unpaired) electrons. The Hall–Kier alpha value is -0.930. The van der Waals surface area contributed by atoms with Crippen LogP contribution in [-0.2, 0) is 0 Å². The third-order valence-corrected chi connectivity index (χ3v) is 4.04. The van der Waals surface area contributed by atoms with Crippen molar-refractivity contribution in [2.75, 3.05) is 19.9 Å². The lowest BCUT2D eigenvalue weighted by atomic mass is 10.1. The van der Waals surface area contributed by atoms with Gasteiger partial charge in [0.15, 0.2) is 11.5 Å². The minimum Gasteiger partial charge on any atom is -0.454 e. The van der Waals surface area contributed by atoms with E-state index in [1.54, 1.807) is 0 Å². The molecule has 19 heavy (non-hydrogen) atoms. The summed E-state index contributed by atoms with van der Waals surface area (Å²) in [5.41, 5.74) is 1.28. The van der Waals surface area contributed by atoms with Crippen molar-refractivity contribution in [1.82, 2.24) is 5.32 Å². The minimum atomic E-state index is 0.280. The van der Waals surface area contributed by atoms with Gasteiger partial charge < -0.3 is 14.8 Å². The van der Waals surface area contributed by atoms with Gasteiger partial charge in [-0.25, -0.2) is 0 Å². The smallest absolute Gasteiger partial charge is 0.231 e. The second-order valence-corrected chi connectivity index (χ2v) is 6.30. The molecule has 1 fully saturated rings. The van der Waals surface area contributed by atoms with E-state index in [0.717, 1.165) is 24.8 Å². The molecular weight excluding hydrogens is 262 g/mol. The number of hydrogen-bond acceptors (Lipinski definition) is 3. The van der Waals surface area contributed by atoms with Crippen LogP contribution in [0.15, 0.2) is 12.1 Å². The van der Waals surface area contributed by atoms with Crippen LogP contribution < -0.4 is 14.8 Å². The maximum atomic E-state index is 6.22. The van der Waals surface area contributed by atoms with E-state index >= 15 is 0 Å². The van der Waals surface area contributed by atoms with Gasteiger partial charge in [0.2, 0.25) is 6.79 Å². The molecule has 1 aromatic carbocycles. The Kier molecular flexibility index (Phi) is 3.59. The first kappa shape index (κ1) is 13.1. The lowest BCUT2D eigenvalue weighted by Crippen LogP contribution is -2.22. The highest BCUT2D eigenvalue weighted by Crippen LogP contribution is 2.51. The third-order valence-electron chi connectivity index (χ3n) is 3.76. The molecule has 1 N–H and O–H groups in total. The zero-order valence-corrected chi connectivity index (χ0v) is 12.2. The highest BCUT2D eigenvalue weighted by atomic mass is 35.5. The second-order valence-electron chi connectivity index (χ2n) is 5.89. The quantitative estimate of drug-likeness (QED) is 0.897. The van der Waals surface area contributed by atoms with Crippen molar-refractivity contribution < 1.29 is 9.47 Å². The number of nitrogens with one attached hydrogen (secondary N) is 1. The summed E-state index contributed by atoms with van der Waals surface area (Å²) in [5.74, 6) is 3.54. The number of benzene rings is 1. The molecule has 2 unspecified atom stereocenters. The molecule has 1 aliphatic carbocycles. The average Bonchev–Trinajstić information content (AvgIpc) is 2.96. The Morgan fingerprint density at radius 1 is 1.37 bits per heavy atom. The number of halogens is 1. The van der Waals surface area contributed by atoms with Crippen LogP contribution in [0.5, 0.6) is 11.5 Å². The maximum Gasteiger partial charge on any atom is 0.231 e. The maximum absolute atomic E-state index is 6.22. The first-order valence-electron chi connectivity index (χ1n) is 6.95. The fraction of sp³-hybridized carbons (Fsp3) is 0.600. The van der Waals surface area contributed by atoms with Gasteiger partial charge in [0.25, 0.3) is 0 Å². The molecule has 0 amide bonds. The fourth-order valence-corrected chi connectivity index (χ4v) is 2.91. The average molecular weight is 282 g/mol. The molecular formula is C15H20ClNO2. The van der Waals surface area contributed by atoms with Crippen LogP contribution in [0.3, 0.4) is 0 Å². The zero-order chi connectivity index (χ0) is 13.4. The summed E-state index contributed by atoms with van der Waals surface area (Å²) in [6, 6.07) is 4.11. The van der Waals surface area contributed by atoms with Crippen molar-refractivity contribution in [3.8, 4) is 11.5 Å². The molecule has 104 valence electrons. The second kappa shape index (κ2) is 5.22. The summed E-state index contributed by atoms with van der Waals surface area (Å²) in [5, 5.41) is 4.20. The van der Waals surface area contributed by atoms with Gasteiger partial charge in [0, 0.05) is 0 Å². The lowest BCUT2D eigenvalue weighted by Gasteiger charge is -2.07. The molecule has 3 rings (SSSR count). The van der Waals surface area contributed by atoms with Crippen LogP contribution in [0, 0.1) is 11.8 Å². The summed E-state index contributed by atoms with van der Waals surface area (Å²) in [6.07, 6.45) is 1.24. The Bertz CT molecular complexity index is 475. The Morgan fingerprint density at radius 3 is 3.00 bits per heavy atom. The predicted molar refractivity (Wildman–Crippen MR) is 76.1 cm³/mol. The topological polar surface area (TPSA) is 30.5 Å². The summed E-state index contributed by atoms with van der Waals surface area (Å²) in [4.78, 5) is 0. The SMILES string of the molecule is CC(C)CNCC1CC1c1cc(Cl)c2c(c1)OCO2. The van der Waals surface area contributed by atoms with Gasteiger partial charge >= 0.3 is 0 Å². The Balaban J connectivity index is 1.61. The van der Waals surface area contributed by atoms with E-state index in [1.165, 1.54) is 12.0 Å². The molecule has 1 heterocycles. The zero-order valence-electron chi connectivity index (χ0n) is 11.4. The van der Waals surface area contributed by atoms with Gasteiger partial charge in [0.05, 0.1) is 5.02 Å². The number of ether oxygens (including phenoxy) is 2. The van der Waals surface area contributed by atoms with E-state index in [0.29, 0.717) is 22.6 Å². The molecule has 1 saturated carbocycles. The molecule has 0 saturated heterocycles. The molecule has 0 spiro atoms. The predicted octanol–water partition coefficient (Wildman–Crippen LogP) is 3.42. The monoisotopic (exact) mass is 281 g/mol. The van der Waals surface area contributed by atoms with Gasteiger partial charge in [-0.1, -0.05) is 25.4 Å². The summed E-state index contributed by atoms with van der Waals surface area (Å²) < 4.78 is 10.8. The van der Waals surface area contributed by atoms with Gasteiger partial charge in [-0.2, -0.15) is 0 Å². The van der Waals surface area contributed by atoms with E-state index in [4.69, 9.17) is 21.1 Å². The van der Waals surface area contributed by atoms with E-state index < -0.39 is 0 Å². The van der Waals surface area contributed by atoms with Gasteiger partial charge in [-0.05, 0) is 55.0 Å². The molecule has 2 atom stereocenters. The number of hydrogen-bond donors (Lipinski definition) is 1. The van der Waals surface area contributed by atoms with Crippen molar-refractivity contribution in [2.24, 2.45) is 11.8 Å². The summed E-state index contributed by atoms with van der Waals surface area (Å²) in [6.45, 7) is 6.92. The van der Waals surface area contributed by atoms with Gasteiger partial charge in [0.1, 0.15) is 0 Å². The summed E-state index contributed by atoms with van der Waals surface area (Å²) in [7, 11) is 0. The molecule has 4 heteroatoms. The first-order chi connectivity index (χ1) is 9.15. The van der Waals surface area contributed by atoms with Crippen LogP contribution in [0.25, 0.3) is 0 Å². The molecule has 1 aliphatic heterocycles. The molecule has 0 aromatic heterocycles. The standard InChI is InChI=1S/C15H20ClNO2/c1-9(2)6-17-7-11-3-12(11)10-4-13(16)15-14(5-10)18-8-19-15/h4-5,9,11-12,17H,3,6-8H2,1-2H3. The van der Waals surface area contributed by atoms with E-state index in [9.17, 15) is 0 Å².